The van der Waals surface area contributed by atoms with Gasteiger partial charge in [-0.2, -0.15) is 5.26 Å². The molecule has 0 amide bonds. The number of piperidine rings is 1. The lowest BCUT2D eigenvalue weighted by Crippen LogP contribution is -2.37. The molecule has 5 nitrogen and oxygen atoms in total. The number of nitrogens with zero attached hydrogens (tertiary/aromatic N) is 2. The highest BCUT2D eigenvalue weighted by atomic mass is 16.5. The molecule has 0 aliphatic carbocycles. The van der Waals surface area contributed by atoms with Gasteiger partial charge >= 0.3 is 0 Å². The predicted molar refractivity (Wildman–Crippen MR) is 73.8 cm³/mol. The van der Waals surface area contributed by atoms with Gasteiger partial charge in [0.05, 0.1) is 36.3 Å². The third-order valence-electron chi connectivity index (χ3n) is 3.43. The highest BCUT2D eigenvalue weighted by molar-refractivity contribution is 5.74. The van der Waals surface area contributed by atoms with E-state index in [1.807, 2.05) is 12.1 Å². The molecule has 1 heterocycles. The molecule has 1 aromatic rings. The van der Waals surface area contributed by atoms with Crippen molar-refractivity contribution in [2.75, 3.05) is 36.9 Å². The largest absolute Gasteiger partial charge is 0.396 e. The Kier molecular flexibility index (Phi) is 4.61. The molecule has 2 rings (SSSR count). The second kappa shape index (κ2) is 6.41. The topological polar surface area (TPSA) is 82.5 Å². The minimum atomic E-state index is 0.0668. The van der Waals surface area contributed by atoms with Crippen molar-refractivity contribution in [3.63, 3.8) is 0 Å². The summed E-state index contributed by atoms with van der Waals surface area (Å²) in [6.45, 7) is 2.18. The summed E-state index contributed by atoms with van der Waals surface area (Å²) in [6.07, 6.45) is 2.04. The Balaban J connectivity index is 2.00. The maximum absolute atomic E-state index is 8.99. The van der Waals surface area contributed by atoms with Crippen LogP contribution in [0.15, 0.2) is 18.2 Å². The SMILES string of the molecule is N#Cc1cccc(N2CCC(OCCO)CC2)c1N. The quantitative estimate of drug-likeness (QED) is 0.794. The molecule has 0 spiro atoms. The third kappa shape index (κ3) is 3.16. The van der Waals surface area contributed by atoms with Crippen LogP contribution in [0.5, 0.6) is 0 Å². The molecule has 102 valence electrons. The number of hydrogen-bond acceptors (Lipinski definition) is 5. The zero-order valence-electron chi connectivity index (χ0n) is 10.9. The van der Waals surface area contributed by atoms with Crippen LogP contribution in [0.4, 0.5) is 11.4 Å². The summed E-state index contributed by atoms with van der Waals surface area (Å²) in [4.78, 5) is 2.19. The van der Waals surface area contributed by atoms with E-state index in [0.29, 0.717) is 17.9 Å². The number of nitrogens with two attached hydrogens (primary N) is 1. The van der Waals surface area contributed by atoms with E-state index in [2.05, 4.69) is 11.0 Å². The molecular formula is C14H19N3O2. The minimum Gasteiger partial charge on any atom is -0.396 e. The molecule has 1 fully saturated rings. The Labute approximate surface area is 113 Å². The van der Waals surface area contributed by atoms with Crippen LogP contribution in [0.3, 0.4) is 0 Å². The summed E-state index contributed by atoms with van der Waals surface area (Å²) in [5.41, 5.74) is 8.02. The standard InChI is InChI=1S/C14H19N3O2/c15-10-11-2-1-3-13(14(11)16)17-6-4-12(5-7-17)19-9-8-18/h1-3,12,18H,4-9,16H2. The van der Waals surface area contributed by atoms with Gasteiger partial charge in [-0.3, -0.25) is 0 Å². The van der Waals surface area contributed by atoms with Crippen LogP contribution in [-0.4, -0.2) is 37.5 Å². The summed E-state index contributed by atoms with van der Waals surface area (Å²) < 4.78 is 5.53. The Hall–Kier alpha value is -1.77. The fraction of sp³-hybridized carbons (Fsp3) is 0.500. The van der Waals surface area contributed by atoms with E-state index in [9.17, 15) is 0 Å². The number of ether oxygens (including phenoxy) is 1. The Morgan fingerprint density at radius 2 is 2.16 bits per heavy atom. The first-order chi connectivity index (χ1) is 9.26. The first-order valence-electron chi connectivity index (χ1n) is 6.52. The predicted octanol–water partition coefficient (Wildman–Crippen LogP) is 1.12. The second-order valence-electron chi connectivity index (χ2n) is 4.63. The molecule has 19 heavy (non-hydrogen) atoms. The Bertz CT molecular complexity index is 462. The van der Waals surface area contributed by atoms with Crippen molar-refractivity contribution >= 4 is 11.4 Å². The molecule has 0 atom stereocenters. The summed E-state index contributed by atoms with van der Waals surface area (Å²) in [5.74, 6) is 0. The number of rotatable bonds is 4. The molecule has 0 aromatic heterocycles. The number of hydrogen-bond donors (Lipinski definition) is 2. The van der Waals surface area contributed by atoms with Gasteiger partial charge in [0, 0.05) is 13.1 Å². The van der Waals surface area contributed by atoms with E-state index in [1.165, 1.54) is 0 Å². The van der Waals surface area contributed by atoms with Gasteiger partial charge in [-0.1, -0.05) is 6.07 Å². The summed E-state index contributed by atoms with van der Waals surface area (Å²) >= 11 is 0. The summed E-state index contributed by atoms with van der Waals surface area (Å²) in [6, 6.07) is 7.65. The van der Waals surface area contributed by atoms with Crippen molar-refractivity contribution in [2.45, 2.75) is 18.9 Å². The van der Waals surface area contributed by atoms with E-state index in [-0.39, 0.29) is 12.7 Å². The van der Waals surface area contributed by atoms with E-state index in [0.717, 1.165) is 31.6 Å². The number of para-hydroxylation sites is 1. The lowest BCUT2D eigenvalue weighted by atomic mass is 10.1. The number of aliphatic hydroxyl groups is 1. The first kappa shape index (κ1) is 13.7. The lowest BCUT2D eigenvalue weighted by Gasteiger charge is -2.34. The Morgan fingerprint density at radius 1 is 1.42 bits per heavy atom. The van der Waals surface area contributed by atoms with Gasteiger partial charge in [-0.15, -0.1) is 0 Å². The molecular weight excluding hydrogens is 242 g/mol. The lowest BCUT2D eigenvalue weighted by molar-refractivity contribution is 0.0159. The third-order valence-corrected chi connectivity index (χ3v) is 3.43. The zero-order chi connectivity index (χ0) is 13.7. The smallest absolute Gasteiger partial charge is 0.101 e. The number of anilines is 2. The summed E-state index contributed by atoms with van der Waals surface area (Å²) in [5, 5.41) is 17.7. The number of nitrogen functional groups attached to an aromatic ring is 1. The fourth-order valence-electron chi connectivity index (χ4n) is 2.41. The normalized spacial score (nSPS) is 16.3. The summed E-state index contributed by atoms with van der Waals surface area (Å²) in [7, 11) is 0. The molecule has 5 heteroatoms. The average Bonchev–Trinajstić information content (AvgIpc) is 2.46. The van der Waals surface area contributed by atoms with Crippen LogP contribution in [0, 0.1) is 11.3 Å². The number of benzene rings is 1. The fourth-order valence-corrected chi connectivity index (χ4v) is 2.41. The molecule has 0 radical (unpaired) electrons. The molecule has 1 aliphatic rings. The van der Waals surface area contributed by atoms with Gasteiger partial charge in [0.2, 0.25) is 0 Å². The highest BCUT2D eigenvalue weighted by Crippen LogP contribution is 2.29. The minimum absolute atomic E-state index is 0.0668. The number of aliphatic hydroxyl groups excluding tert-OH is 1. The van der Waals surface area contributed by atoms with Gasteiger partial charge in [0.1, 0.15) is 6.07 Å². The van der Waals surface area contributed by atoms with Gasteiger partial charge in [0.25, 0.3) is 0 Å². The molecule has 1 aliphatic heterocycles. The van der Waals surface area contributed by atoms with Crippen molar-refractivity contribution in [2.24, 2.45) is 0 Å². The van der Waals surface area contributed by atoms with Gasteiger partial charge in [0.15, 0.2) is 0 Å². The monoisotopic (exact) mass is 261 g/mol. The van der Waals surface area contributed by atoms with Crippen molar-refractivity contribution in [3.05, 3.63) is 23.8 Å². The average molecular weight is 261 g/mol. The van der Waals surface area contributed by atoms with Crippen LogP contribution in [-0.2, 0) is 4.74 Å². The molecule has 0 saturated carbocycles. The van der Waals surface area contributed by atoms with Crippen LogP contribution in [0.2, 0.25) is 0 Å². The second-order valence-corrected chi connectivity index (χ2v) is 4.63. The van der Waals surface area contributed by atoms with E-state index in [1.54, 1.807) is 6.07 Å². The van der Waals surface area contributed by atoms with Crippen molar-refractivity contribution in [3.8, 4) is 6.07 Å². The zero-order valence-corrected chi connectivity index (χ0v) is 10.9. The van der Waals surface area contributed by atoms with E-state index < -0.39 is 0 Å². The van der Waals surface area contributed by atoms with Crippen LogP contribution >= 0.6 is 0 Å². The molecule has 3 N–H and O–H groups in total. The van der Waals surface area contributed by atoms with E-state index in [4.69, 9.17) is 20.8 Å². The molecule has 0 unspecified atom stereocenters. The van der Waals surface area contributed by atoms with Crippen LogP contribution in [0.25, 0.3) is 0 Å². The molecule has 0 bridgehead atoms. The van der Waals surface area contributed by atoms with Crippen LogP contribution in [0.1, 0.15) is 18.4 Å². The van der Waals surface area contributed by atoms with Crippen molar-refractivity contribution in [1.29, 1.82) is 5.26 Å². The van der Waals surface area contributed by atoms with Crippen molar-refractivity contribution in [1.82, 2.24) is 0 Å². The Morgan fingerprint density at radius 3 is 2.79 bits per heavy atom. The van der Waals surface area contributed by atoms with Gasteiger partial charge < -0.3 is 20.5 Å². The first-order valence-corrected chi connectivity index (χ1v) is 6.52. The highest BCUT2D eigenvalue weighted by Gasteiger charge is 2.21. The number of nitriles is 1. The van der Waals surface area contributed by atoms with Crippen LogP contribution < -0.4 is 10.6 Å². The maximum atomic E-state index is 8.99. The van der Waals surface area contributed by atoms with E-state index >= 15 is 0 Å². The molecule has 1 saturated heterocycles. The van der Waals surface area contributed by atoms with Gasteiger partial charge in [-0.25, -0.2) is 0 Å². The molecule has 1 aromatic carbocycles. The van der Waals surface area contributed by atoms with Gasteiger partial charge in [-0.05, 0) is 25.0 Å². The van der Waals surface area contributed by atoms with Crippen molar-refractivity contribution < 1.29 is 9.84 Å². The maximum Gasteiger partial charge on any atom is 0.101 e.